The van der Waals surface area contributed by atoms with Crippen molar-refractivity contribution in [1.29, 1.82) is 0 Å². The Morgan fingerprint density at radius 2 is 1.60 bits per heavy atom. The number of hydrogen-bond donors (Lipinski definition) is 0. The van der Waals surface area contributed by atoms with Crippen LogP contribution in [0.25, 0.3) is 11.0 Å². The van der Waals surface area contributed by atoms with E-state index in [1.807, 2.05) is 42.6 Å². The molecule has 4 aromatic rings. The van der Waals surface area contributed by atoms with Crippen LogP contribution in [0.5, 0.6) is 5.75 Å². The topological polar surface area (TPSA) is 56.6 Å². The van der Waals surface area contributed by atoms with Crippen molar-refractivity contribution < 1.29 is 14.3 Å². The van der Waals surface area contributed by atoms with Gasteiger partial charge in [-0.25, -0.2) is 9.78 Å². The number of methoxy groups -OCH3 is 2. The molecular formula is C29H31N3O3. The van der Waals surface area contributed by atoms with Crippen LogP contribution in [0.4, 0.5) is 0 Å². The van der Waals surface area contributed by atoms with Gasteiger partial charge in [-0.1, -0.05) is 24.3 Å². The number of aromatic nitrogens is 2. The molecule has 6 heteroatoms. The minimum Gasteiger partial charge on any atom is -0.497 e. The van der Waals surface area contributed by atoms with Crippen molar-refractivity contribution in [3.05, 3.63) is 95.3 Å². The first-order chi connectivity index (χ1) is 17.1. The maximum absolute atomic E-state index is 11.7. The van der Waals surface area contributed by atoms with E-state index in [1.165, 1.54) is 23.6 Å². The number of esters is 1. The van der Waals surface area contributed by atoms with Crippen molar-refractivity contribution in [2.75, 3.05) is 27.3 Å². The largest absolute Gasteiger partial charge is 0.497 e. The summed E-state index contributed by atoms with van der Waals surface area (Å²) >= 11 is 0. The summed E-state index contributed by atoms with van der Waals surface area (Å²) in [6, 6.07) is 20.3. The summed E-state index contributed by atoms with van der Waals surface area (Å²) in [7, 11) is 3.10. The first kappa shape index (κ1) is 23.1. The molecule has 1 aliphatic heterocycles. The van der Waals surface area contributed by atoms with Crippen LogP contribution in [-0.4, -0.2) is 47.7 Å². The third-order valence-electron chi connectivity index (χ3n) is 7.02. The molecule has 0 aliphatic carbocycles. The van der Waals surface area contributed by atoms with E-state index < -0.39 is 0 Å². The van der Waals surface area contributed by atoms with Crippen LogP contribution in [0.15, 0.2) is 73.1 Å². The number of piperidine rings is 1. The van der Waals surface area contributed by atoms with Gasteiger partial charge in [-0.05, 0) is 84.9 Å². The molecular weight excluding hydrogens is 438 g/mol. The molecule has 35 heavy (non-hydrogen) atoms. The van der Waals surface area contributed by atoms with Crippen LogP contribution >= 0.6 is 0 Å². The molecule has 0 unspecified atom stereocenters. The minimum absolute atomic E-state index is 0.315. The molecule has 3 heterocycles. The first-order valence-corrected chi connectivity index (χ1v) is 12.1. The van der Waals surface area contributed by atoms with Crippen LogP contribution in [0.3, 0.4) is 0 Å². The molecule has 0 saturated carbocycles. The average Bonchev–Trinajstić information content (AvgIpc) is 3.32. The molecule has 0 atom stereocenters. The van der Waals surface area contributed by atoms with Crippen molar-refractivity contribution in [3.63, 3.8) is 0 Å². The molecule has 2 aromatic carbocycles. The second-order valence-corrected chi connectivity index (χ2v) is 9.17. The van der Waals surface area contributed by atoms with Gasteiger partial charge in [0.15, 0.2) is 0 Å². The molecule has 2 aromatic heterocycles. The van der Waals surface area contributed by atoms with Gasteiger partial charge in [-0.3, -0.25) is 4.90 Å². The van der Waals surface area contributed by atoms with Crippen LogP contribution in [0, 0.1) is 0 Å². The van der Waals surface area contributed by atoms with Crippen LogP contribution in [0.2, 0.25) is 0 Å². The van der Waals surface area contributed by atoms with E-state index in [0.29, 0.717) is 18.0 Å². The van der Waals surface area contributed by atoms with Crippen LogP contribution in [-0.2, 0) is 17.8 Å². The van der Waals surface area contributed by atoms with Crippen LogP contribution < -0.4 is 4.74 Å². The number of likely N-dealkylation sites (tertiary alicyclic amines) is 1. The van der Waals surface area contributed by atoms with Gasteiger partial charge in [0.1, 0.15) is 11.4 Å². The highest BCUT2D eigenvalue weighted by molar-refractivity contribution is 5.89. The van der Waals surface area contributed by atoms with Crippen molar-refractivity contribution in [2.24, 2.45) is 0 Å². The molecule has 0 spiro atoms. The van der Waals surface area contributed by atoms with E-state index in [9.17, 15) is 4.79 Å². The zero-order chi connectivity index (χ0) is 24.2. The average molecular weight is 470 g/mol. The molecule has 0 N–H and O–H groups in total. The van der Waals surface area contributed by atoms with E-state index >= 15 is 0 Å². The molecule has 6 nitrogen and oxygen atoms in total. The molecule has 0 bridgehead atoms. The van der Waals surface area contributed by atoms with Crippen molar-refractivity contribution in [1.82, 2.24) is 14.5 Å². The van der Waals surface area contributed by atoms with Gasteiger partial charge in [-0.2, -0.15) is 0 Å². The Bertz CT molecular complexity index is 1290. The summed E-state index contributed by atoms with van der Waals surface area (Å²) < 4.78 is 12.3. The van der Waals surface area contributed by atoms with E-state index in [-0.39, 0.29) is 5.97 Å². The Kier molecular flexibility index (Phi) is 6.82. The Hall–Kier alpha value is -3.64. The lowest BCUT2D eigenvalue weighted by molar-refractivity contribution is 0.0600. The highest BCUT2D eigenvalue weighted by Crippen LogP contribution is 2.33. The Morgan fingerprint density at radius 3 is 2.29 bits per heavy atom. The summed E-state index contributed by atoms with van der Waals surface area (Å²) in [5, 5.41) is 1.24. The van der Waals surface area contributed by atoms with Crippen LogP contribution in [0.1, 0.15) is 45.8 Å². The van der Waals surface area contributed by atoms with Gasteiger partial charge in [-0.15, -0.1) is 0 Å². The van der Waals surface area contributed by atoms with Crippen molar-refractivity contribution in [2.45, 2.75) is 31.8 Å². The molecule has 180 valence electrons. The molecule has 1 fully saturated rings. The lowest BCUT2D eigenvalue weighted by Crippen LogP contribution is -2.32. The summed E-state index contributed by atoms with van der Waals surface area (Å²) in [6.45, 7) is 3.87. The molecule has 5 rings (SSSR count). The number of nitrogens with zero attached hydrogens (tertiary/aromatic N) is 3. The van der Waals surface area contributed by atoms with E-state index in [1.54, 1.807) is 7.11 Å². The normalized spacial score (nSPS) is 14.8. The predicted molar refractivity (Wildman–Crippen MR) is 137 cm³/mol. The molecule has 1 aliphatic rings. The van der Waals surface area contributed by atoms with Gasteiger partial charge in [0.05, 0.1) is 19.8 Å². The quantitative estimate of drug-likeness (QED) is 0.346. The third kappa shape index (κ3) is 5.08. The van der Waals surface area contributed by atoms with Gasteiger partial charge >= 0.3 is 5.97 Å². The lowest BCUT2D eigenvalue weighted by Gasteiger charge is -2.32. The maximum atomic E-state index is 11.7. The second kappa shape index (κ2) is 10.3. The standard InChI is InChI=1S/C29H31N3O3/c1-34-25-9-5-21(6-10-25)19-31-16-12-23(13-17-31)26-11-15-30-28-27(26)14-18-32(28)20-22-3-7-24(8-4-22)29(33)35-2/h3-11,14-15,18,23H,12-13,16-17,19-20H2,1-2H3. The number of fused-ring (bicyclic) bond motifs is 1. The van der Waals surface area contributed by atoms with Gasteiger partial charge < -0.3 is 14.0 Å². The maximum Gasteiger partial charge on any atom is 0.337 e. The third-order valence-corrected chi connectivity index (χ3v) is 7.02. The van der Waals surface area contributed by atoms with Gasteiger partial charge in [0.25, 0.3) is 0 Å². The molecule has 1 saturated heterocycles. The Morgan fingerprint density at radius 1 is 0.914 bits per heavy atom. The number of ether oxygens (including phenoxy) is 2. The fraction of sp³-hybridized carbons (Fsp3) is 0.310. The highest BCUT2D eigenvalue weighted by atomic mass is 16.5. The minimum atomic E-state index is -0.315. The zero-order valence-corrected chi connectivity index (χ0v) is 20.3. The summed E-state index contributed by atoms with van der Waals surface area (Å²) in [5.41, 5.74) is 5.42. The second-order valence-electron chi connectivity index (χ2n) is 9.17. The molecule has 0 radical (unpaired) electrons. The highest BCUT2D eigenvalue weighted by Gasteiger charge is 2.23. The summed E-state index contributed by atoms with van der Waals surface area (Å²) in [6.07, 6.45) is 6.36. The first-order valence-electron chi connectivity index (χ1n) is 12.1. The van der Waals surface area contributed by atoms with E-state index in [4.69, 9.17) is 14.5 Å². The van der Waals surface area contributed by atoms with Gasteiger partial charge in [0, 0.05) is 30.9 Å². The summed E-state index contributed by atoms with van der Waals surface area (Å²) in [5.74, 6) is 1.13. The fourth-order valence-corrected chi connectivity index (χ4v) is 5.05. The molecule has 0 amide bonds. The predicted octanol–water partition coefficient (Wildman–Crippen LogP) is 5.26. The SMILES string of the molecule is COC(=O)c1ccc(Cn2ccc3c(C4CCN(Cc5ccc(OC)cc5)CC4)ccnc32)cc1. The van der Waals surface area contributed by atoms with Crippen molar-refractivity contribution >= 4 is 17.0 Å². The summed E-state index contributed by atoms with van der Waals surface area (Å²) in [4.78, 5) is 18.9. The number of pyridine rings is 1. The smallest absolute Gasteiger partial charge is 0.337 e. The monoisotopic (exact) mass is 469 g/mol. The number of carbonyl (C=O) groups excluding carboxylic acids is 1. The zero-order valence-electron chi connectivity index (χ0n) is 20.3. The number of carbonyl (C=O) groups is 1. The Balaban J connectivity index is 1.25. The van der Waals surface area contributed by atoms with Crippen molar-refractivity contribution in [3.8, 4) is 5.75 Å². The number of hydrogen-bond acceptors (Lipinski definition) is 5. The van der Waals surface area contributed by atoms with E-state index in [2.05, 4.69) is 39.9 Å². The van der Waals surface area contributed by atoms with Gasteiger partial charge in [0.2, 0.25) is 0 Å². The van der Waals surface area contributed by atoms with E-state index in [0.717, 1.165) is 49.4 Å². The number of rotatable bonds is 7. The fourth-order valence-electron chi connectivity index (χ4n) is 5.05. The number of benzene rings is 2. The Labute approximate surface area is 206 Å². The lowest BCUT2D eigenvalue weighted by atomic mass is 9.88.